The van der Waals surface area contributed by atoms with E-state index >= 15 is 0 Å². The highest BCUT2D eigenvalue weighted by atomic mass is 16.6. The van der Waals surface area contributed by atoms with Gasteiger partial charge in [-0.3, -0.25) is 10.1 Å². The van der Waals surface area contributed by atoms with E-state index in [2.05, 4.69) is 12.2 Å². The summed E-state index contributed by atoms with van der Waals surface area (Å²) in [5.74, 6) is 0.461. The van der Waals surface area contributed by atoms with Gasteiger partial charge in [-0.2, -0.15) is 0 Å². The molecule has 0 aromatic heterocycles. The van der Waals surface area contributed by atoms with Crippen LogP contribution in [0, 0.1) is 10.1 Å². The predicted molar refractivity (Wildman–Crippen MR) is 75.6 cm³/mol. The highest BCUT2D eigenvalue weighted by Crippen LogP contribution is 2.26. The van der Waals surface area contributed by atoms with Crippen molar-refractivity contribution >= 4 is 11.4 Å². The molecule has 0 amide bonds. The van der Waals surface area contributed by atoms with Gasteiger partial charge in [-0.25, -0.2) is 0 Å². The van der Waals surface area contributed by atoms with E-state index in [4.69, 9.17) is 10.5 Å². The number of non-ortho nitro benzene ring substituents is 1. The molecule has 0 radical (unpaired) electrons. The number of unbranched alkanes of at least 4 members (excludes halogenated alkanes) is 1. The molecule has 0 heterocycles. The van der Waals surface area contributed by atoms with Crippen LogP contribution in [-0.4, -0.2) is 24.6 Å². The maximum Gasteiger partial charge on any atom is 0.275 e. The Morgan fingerprint density at radius 3 is 2.74 bits per heavy atom. The lowest BCUT2D eigenvalue weighted by Gasteiger charge is -2.18. The molecule has 1 unspecified atom stereocenters. The van der Waals surface area contributed by atoms with Crippen molar-refractivity contribution < 1.29 is 9.66 Å². The maximum absolute atomic E-state index is 10.8. The average molecular weight is 267 g/mol. The van der Waals surface area contributed by atoms with Gasteiger partial charge in [-0.05, 0) is 6.42 Å². The molecule has 0 saturated heterocycles. The summed E-state index contributed by atoms with van der Waals surface area (Å²) in [5, 5.41) is 14.1. The van der Waals surface area contributed by atoms with Crippen LogP contribution in [0.25, 0.3) is 0 Å². The van der Waals surface area contributed by atoms with E-state index in [1.165, 1.54) is 19.2 Å². The van der Waals surface area contributed by atoms with Gasteiger partial charge in [0, 0.05) is 30.4 Å². The summed E-state index contributed by atoms with van der Waals surface area (Å²) in [6.45, 7) is 2.61. The molecule has 1 atom stereocenters. The summed E-state index contributed by atoms with van der Waals surface area (Å²) >= 11 is 0. The lowest BCUT2D eigenvalue weighted by Crippen LogP contribution is -2.28. The van der Waals surface area contributed by atoms with Crippen LogP contribution in [0.15, 0.2) is 18.2 Å². The fourth-order valence-electron chi connectivity index (χ4n) is 1.83. The molecular formula is C13H21N3O3. The van der Waals surface area contributed by atoms with Crippen molar-refractivity contribution in [2.45, 2.75) is 32.2 Å². The Balaban J connectivity index is 2.86. The smallest absolute Gasteiger partial charge is 0.275 e. The average Bonchev–Trinajstić information content (AvgIpc) is 2.42. The van der Waals surface area contributed by atoms with Gasteiger partial charge >= 0.3 is 0 Å². The molecule has 0 bridgehead atoms. The largest absolute Gasteiger partial charge is 0.496 e. The third kappa shape index (κ3) is 4.75. The first-order valence-corrected chi connectivity index (χ1v) is 6.40. The zero-order chi connectivity index (χ0) is 14.3. The number of nitrogens with two attached hydrogens (primary N) is 1. The van der Waals surface area contributed by atoms with E-state index in [1.807, 2.05) is 0 Å². The molecular weight excluding hydrogens is 246 g/mol. The van der Waals surface area contributed by atoms with Crippen LogP contribution in [0.5, 0.6) is 5.75 Å². The fourth-order valence-corrected chi connectivity index (χ4v) is 1.83. The first kappa shape index (κ1) is 15.2. The number of hydrogen-bond acceptors (Lipinski definition) is 5. The quantitative estimate of drug-likeness (QED) is 0.558. The Morgan fingerprint density at radius 2 is 2.21 bits per heavy atom. The van der Waals surface area contributed by atoms with Crippen LogP contribution >= 0.6 is 0 Å². The van der Waals surface area contributed by atoms with Gasteiger partial charge in [0.15, 0.2) is 0 Å². The standard InChI is InChI=1S/C13H21N3O3/c1-3-4-5-10(9-14)15-11-6-12(16(17)18)8-13(7-11)19-2/h6-8,10,15H,3-5,9,14H2,1-2H3. The number of benzene rings is 1. The van der Waals surface area contributed by atoms with Crippen molar-refractivity contribution in [2.75, 3.05) is 19.0 Å². The number of nitrogens with one attached hydrogen (secondary N) is 1. The van der Waals surface area contributed by atoms with Crippen LogP contribution in [0.4, 0.5) is 11.4 Å². The molecule has 6 nitrogen and oxygen atoms in total. The van der Waals surface area contributed by atoms with Gasteiger partial charge in [0.2, 0.25) is 0 Å². The predicted octanol–water partition coefficient (Wildman–Crippen LogP) is 2.53. The van der Waals surface area contributed by atoms with Gasteiger partial charge in [0.25, 0.3) is 5.69 Å². The summed E-state index contributed by atoms with van der Waals surface area (Å²) in [6.07, 6.45) is 3.11. The Hall–Kier alpha value is -1.82. The minimum absolute atomic E-state index is 0.00751. The van der Waals surface area contributed by atoms with Crippen LogP contribution < -0.4 is 15.8 Å². The number of nitro groups is 1. The highest BCUT2D eigenvalue weighted by Gasteiger charge is 2.12. The molecule has 0 saturated carbocycles. The summed E-state index contributed by atoms with van der Waals surface area (Å²) < 4.78 is 5.07. The van der Waals surface area contributed by atoms with Crippen LogP contribution in [0.3, 0.4) is 0 Å². The van der Waals surface area contributed by atoms with Gasteiger partial charge in [0.05, 0.1) is 18.1 Å². The van der Waals surface area contributed by atoms with Crippen LogP contribution in [0.2, 0.25) is 0 Å². The summed E-state index contributed by atoms with van der Waals surface area (Å²) in [6, 6.07) is 4.75. The monoisotopic (exact) mass is 267 g/mol. The van der Waals surface area contributed by atoms with Crippen LogP contribution in [0.1, 0.15) is 26.2 Å². The number of nitrogens with zero attached hydrogens (tertiary/aromatic N) is 1. The number of anilines is 1. The zero-order valence-corrected chi connectivity index (χ0v) is 11.4. The second kappa shape index (κ2) is 7.58. The summed E-state index contributed by atoms with van der Waals surface area (Å²) in [5.41, 5.74) is 6.37. The number of ether oxygens (including phenoxy) is 1. The van der Waals surface area contributed by atoms with E-state index in [-0.39, 0.29) is 11.7 Å². The van der Waals surface area contributed by atoms with E-state index in [9.17, 15) is 10.1 Å². The molecule has 1 aromatic rings. The number of methoxy groups -OCH3 is 1. The Bertz CT molecular complexity index is 424. The van der Waals surface area contributed by atoms with Gasteiger partial charge in [0.1, 0.15) is 5.75 Å². The molecule has 1 rings (SSSR count). The van der Waals surface area contributed by atoms with Gasteiger partial charge in [-0.15, -0.1) is 0 Å². The number of rotatable bonds is 8. The number of nitro benzene ring substituents is 1. The lowest BCUT2D eigenvalue weighted by molar-refractivity contribution is -0.384. The Kier molecular flexibility index (Phi) is 6.08. The zero-order valence-electron chi connectivity index (χ0n) is 11.4. The molecule has 3 N–H and O–H groups in total. The third-order valence-corrected chi connectivity index (χ3v) is 2.90. The molecule has 1 aromatic carbocycles. The molecule has 19 heavy (non-hydrogen) atoms. The van der Waals surface area contributed by atoms with Crippen molar-refractivity contribution in [3.05, 3.63) is 28.3 Å². The first-order chi connectivity index (χ1) is 9.10. The second-order valence-electron chi connectivity index (χ2n) is 4.40. The Labute approximate surface area is 113 Å². The Morgan fingerprint density at radius 1 is 1.47 bits per heavy atom. The van der Waals surface area contributed by atoms with Crippen molar-refractivity contribution in [3.63, 3.8) is 0 Å². The van der Waals surface area contributed by atoms with Crippen molar-refractivity contribution in [3.8, 4) is 5.75 Å². The summed E-state index contributed by atoms with van der Waals surface area (Å²) in [7, 11) is 1.49. The molecule has 0 aliphatic carbocycles. The molecule has 0 spiro atoms. The fraction of sp³-hybridized carbons (Fsp3) is 0.538. The molecule has 6 heteroatoms. The first-order valence-electron chi connectivity index (χ1n) is 6.40. The van der Waals surface area contributed by atoms with Crippen LogP contribution in [-0.2, 0) is 0 Å². The third-order valence-electron chi connectivity index (χ3n) is 2.90. The minimum Gasteiger partial charge on any atom is -0.496 e. The molecule has 0 aliphatic heterocycles. The highest BCUT2D eigenvalue weighted by molar-refractivity contribution is 5.56. The minimum atomic E-state index is -0.433. The normalized spacial score (nSPS) is 11.9. The van der Waals surface area contributed by atoms with Crippen molar-refractivity contribution in [1.82, 2.24) is 0 Å². The van der Waals surface area contributed by atoms with E-state index in [1.54, 1.807) is 6.07 Å². The van der Waals surface area contributed by atoms with Gasteiger partial charge in [-0.1, -0.05) is 19.8 Å². The van der Waals surface area contributed by atoms with E-state index in [0.29, 0.717) is 18.0 Å². The summed E-state index contributed by atoms with van der Waals surface area (Å²) in [4.78, 5) is 10.4. The molecule has 0 fully saturated rings. The molecule has 0 aliphatic rings. The second-order valence-corrected chi connectivity index (χ2v) is 4.40. The maximum atomic E-state index is 10.8. The van der Waals surface area contributed by atoms with Crippen molar-refractivity contribution in [2.24, 2.45) is 5.73 Å². The lowest BCUT2D eigenvalue weighted by atomic mass is 10.1. The van der Waals surface area contributed by atoms with Gasteiger partial charge < -0.3 is 15.8 Å². The topological polar surface area (TPSA) is 90.4 Å². The SMILES string of the molecule is CCCCC(CN)Nc1cc(OC)cc([N+](=O)[O-])c1. The number of hydrogen-bond donors (Lipinski definition) is 2. The van der Waals surface area contributed by atoms with E-state index < -0.39 is 4.92 Å². The van der Waals surface area contributed by atoms with E-state index in [0.717, 1.165) is 19.3 Å². The van der Waals surface area contributed by atoms with Crippen molar-refractivity contribution in [1.29, 1.82) is 0 Å². The molecule has 106 valence electrons.